The van der Waals surface area contributed by atoms with Crippen LogP contribution in [0.25, 0.3) is 22.4 Å². The second-order valence-electron chi connectivity index (χ2n) is 3.91. The molecular weight excluding hydrogens is 271 g/mol. The Balaban J connectivity index is 2.27. The van der Waals surface area contributed by atoms with Gasteiger partial charge in [-0.1, -0.05) is 23.2 Å². The van der Waals surface area contributed by atoms with Crippen molar-refractivity contribution in [2.75, 3.05) is 0 Å². The monoisotopic (exact) mass is 278 g/mol. The van der Waals surface area contributed by atoms with Crippen LogP contribution in [0.15, 0.2) is 35.0 Å². The molecule has 0 saturated heterocycles. The van der Waals surface area contributed by atoms with Crippen LogP contribution >= 0.6 is 23.2 Å². The van der Waals surface area contributed by atoms with E-state index in [1.807, 2.05) is 31.2 Å². The molecule has 2 aromatic heterocycles. The fraction of sp³-hybridized carbons (Fsp3) is 0.0769. The first-order valence-corrected chi connectivity index (χ1v) is 6.08. The molecule has 18 heavy (non-hydrogen) atoms. The third-order valence-electron chi connectivity index (χ3n) is 2.79. The standard InChI is InChI=1S/C13H8Cl2N2O/c1-7-10-12(15)16-6-17-13(10)18-11(7)8-2-4-9(14)5-3-8/h2-6H,1H3. The Morgan fingerprint density at radius 1 is 1.06 bits per heavy atom. The molecule has 0 aliphatic heterocycles. The van der Waals surface area contributed by atoms with Gasteiger partial charge in [0.05, 0.1) is 5.39 Å². The zero-order chi connectivity index (χ0) is 12.7. The van der Waals surface area contributed by atoms with Crippen molar-refractivity contribution in [1.29, 1.82) is 0 Å². The van der Waals surface area contributed by atoms with Crippen LogP contribution in [-0.2, 0) is 0 Å². The predicted molar refractivity (Wildman–Crippen MR) is 72.0 cm³/mol. The summed E-state index contributed by atoms with van der Waals surface area (Å²) in [5, 5.41) is 1.84. The maximum Gasteiger partial charge on any atom is 0.231 e. The van der Waals surface area contributed by atoms with Crippen LogP contribution in [-0.4, -0.2) is 9.97 Å². The van der Waals surface area contributed by atoms with Crippen LogP contribution in [0.4, 0.5) is 0 Å². The minimum atomic E-state index is 0.404. The largest absolute Gasteiger partial charge is 0.437 e. The van der Waals surface area contributed by atoms with Gasteiger partial charge in [0.1, 0.15) is 17.2 Å². The smallest absolute Gasteiger partial charge is 0.231 e. The second-order valence-corrected chi connectivity index (χ2v) is 4.70. The number of fused-ring (bicyclic) bond motifs is 1. The molecule has 3 nitrogen and oxygen atoms in total. The van der Waals surface area contributed by atoms with E-state index in [1.165, 1.54) is 6.33 Å². The van der Waals surface area contributed by atoms with Crippen LogP contribution < -0.4 is 0 Å². The van der Waals surface area contributed by atoms with Gasteiger partial charge in [-0.25, -0.2) is 9.97 Å². The van der Waals surface area contributed by atoms with Crippen LogP contribution in [0.1, 0.15) is 5.56 Å². The normalized spacial score (nSPS) is 11.1. The third kappa shape index (κ3) is 1.76. The molecule has 0 N–H and O–H groups in total. The van der Waals surface area contributed by atoms with E-state index in [2.05, 4.69) is 9.97 Å². The highest BCUT2D eigenvalue weighted by Gasteiger charge is 2.16. The van der Waals surface area contributed by atoms with E-state index in [9.17, 15) is 0 Å². The van der Waals surface area contributed by atoms with Crippen molar-refractivity contribution in [3.8, 4) is 11.3 Å². The summed E-state index contributed by atoms with van der Waals surface area (Å²) in [6.45, 7) is 1.94. The van der Waals surface area contributed by atoms with E-state index in [4.69, 9.17) is 27.6 Å². The van der Waals surface area contributed by atoms with Gasteiger partial charge in [0.25, 0.3) is 0 Å². The van der Waals surface area contributed by atoms with Crippen molar-refractivity contribution >= 4 is 34.3 Å². The maximum absolute atomic E-state index is 6.06. The van der Waals surface area contributed by atoms with Crippen molar-refractivity contribution < 1.29 is 4.42 Å². The number of furan rings is 1. The average molecular weight is 279 g/mol. The molecule has 0 saturated carbocycles. The summed E-state index contributed by atoms with van der Waals surface area (Å²) in [6.07, 6.45) is 1.39. The zero-order valence-corrected chi connectivity index (χ0v) is 11.0. The lowest BCUT2D eigenvalue weighted by Gasteiger charge is -1.98. The SMILES string of the molecule is Cc1c(-c2ccc(Cl)cc2)oc2ncnc(Cl)c12. The number of benzene rings is 1. The number of halogens is 2. The minimum absolute atomic E-state index is 0.404. The lowest BCUT2D eigenvalue weighted by molar-refractivity contribution is 0.615. The number of aryl methyl sites for hydroxylation is 1. The van der Waals surface area contributed by atoms with Crippen LogP contribution in [0.3, 0.4) is 0 Å². The highest BCUT2D eigenvalue weighted by atomic mass is 35.5. The van der Waals surface area contributed by atoms with Gasteiger partial charge < -0.3 is 4.42 Å². The van der Waals surface area contributed by atoms with Gasteiger partial charge in [0, 0.05) is 16.1 Å². The average Bonchev–Trinajstić information content (AvgIpc) is 2.69. The molecular formula is C13H8Cl2N2O. The molecule has 0 unspecified atom stereocenters. The molecule has 0 bridgehead atoms. The number of hydrogen-bond donors (Lipinski definition) is 0. The molecule has 0 atom stereocenters. The molecule has 3 rings (SSSR count). The first-order valence-electron chi connectivity index (χ1n) is 5.32. The summed E-state index contributed by atoms with van der Waals surface area (Å²) in [5.41, 5.74) is 2.36. The molecule has 90 valence electrons. The zero-order valence-electron chi connectivity index (χ0n) is 9.45. The van der Waals surface area contributed by atoms with E-state index in [0.29, 0.717) is 15.9 Å². The Kier molecular flexibility index (Phi) is 2.73. The van der Waals surface area contributed by atoms with Gasteiger partial charge in [-0.2, -0.15) is 0 Å². The summed E-state index contributed by atoms with van der Waals surface area (Å²) in [4.78, 5) is 8.04. The summed E-state index contributed by atoms with van der Waals surface area (Å²) < 4.78 is 5.73. The lowest BCUT2D eigenvalue weighted by Crippen LogP contribution is -1.81. The van der Waals surface area contributed by atoms with E-state index in [-0.39, 0.29) is 0 Å². The summed E-state index contributed by atoms with van der Waals surface area (Å²) in [5.74, 6) is 0.740. The fourth-order valence-electron chi connectivity index (χ4n) is 1.91. The first kappa shape index (κ1) is 11.5. The fourth-order valence-corrected chi connectivity index (χ4v) is 2.30. The summed E-state index contributed by atoms with van der Waals surface area (Å²) in [6, 6.07) is 7.43. The van der Waals surface area contributed by atoms with Crippen LogP contribution in [0.2, 0.25) is 10.2 Å². The molecule has 0 radical (unpaired) electrons. The predicted octanol–water partition coefficient (Wildman–Crippen LogP) is 4.51. The topological polar surface area (TPSA) is 38.9 Å². The van der Waals surface area contributed by atoms with Gasteiger partial charge in [-0.3, -0.25) is 0 Å². The minimum Gasteiger partial charge on any atom is -0.437 e. The van der Waals surface area contributed by atoms with Crippen LogP contribution in [0, 0.1) is 6.92 Å². The second kappa shape index (κ2) is 4.26. The first-order chi connectivity index (χ1) is 8.66. The Morgan fingerprint density at radius 3 is 2.44 bits per heavy atom. The molecule has 1 aromatic carbocycles. The molecule has 3 aromatic rings. The van der Waals surface area contributed by atoms with Gasteiger partial charge in [0.2, 0.25) is 5.71 Å². The van der Waals surface area contributed by atoms with Gasteiger partial charge in [-0.05, 0) is 31.2 Å². The van der Waals surface area contributed by atoms with Crippen molar-refractivity contribution in [3.63, 3.8) is 0 Å². The van der Waals surface area contributed by atoms with E-state index in [1.54, 1.807) is 0 Å². The molecule has 5 heteroatoms. The number of rotatable bonds is 1. The van der Waals surface area contributed by atoms with E-state index < -0.39 is 0 Å². The Morgan fingerprint density at radius 2 is 1.78 bits per heavy atom. The molecule has 0 aliphatic rings. The molecule has 0 spiro atoms. The number of aromatic nitrogens is 2. The van der Waals surface area contributed by atoms with Crippen LogP contribution in [0.5, 0.6) is 0 Å². The van der Waals surface area contributed by atoms with E-state index in [0.717, 1.165) is 22.3 Å². The Bertz CT molecular complexity index is 720. The Hall–Kier alpha value is -1.58. The molecule has 2 heterocycles. The highest BCUT2D eigenvalue weighted by molar-refractivity contribution is 6.34. The van der Waals surface area contributed by atoms with Crippen molar-refractivity contribution in [1.82, 2.24) is 9.97 Å². The molecule has 0 aliphatic carbocycles. The maximum atomic E-state index is 6.06. The highest BCUT2D eigenvalue weighted by Crippen LogP contribution is 2.34. The van der Waals surface area contributed by atoms with Gasteiger partial charge >= 0.3 is 0 Å². The van der Waals surface area contributed by atoms with Crippen molar-refractivity contribution in [3.05, 3.63) is 46.3 Å². The van der Waals surface area contributed by atoms with Crippen molar-refractivity contribution in [2.45, 2.75) is 6.92 Å². The van der Waals surface area contributed by atoms with Crippen molar-refractivity contribution in [2.24, 2.45) is 0 Å². The summed E-state index contributed by atoms with van der Waals surface area (Å²) >= 11 is 11.9. The Labute approximate surface area is 113 Å². The summed E-state index contributed by atoms with van der Waals surface area (Å²) in [7, 11) is 0. The number of nitrogens with zero attached hydrogens (tertiary/aromatic N) is 2. The van der Waals surface area contributed by atoms with Gasteiger partial charge in [-0.15, -0.1) is 0 Å². The lowest BCUT2D eigenvalue weighted by atomic mass is 10.1. The quantitative estimate of drug-likeness (QED) is 0.615. The third-order valence-corrected chi connectivity index (χ3v) is 3.33. The van der Waals surface area contributed by atoms with Gasteiger partial charge in [0.15, 0.2) is 0 Å². The molecule has 0 fully saturated rings. The number of hydrogen-bond acceptors (Lipinski definition) is 3. The van der Waals surface area contributed by atoms with E-state index >= 15 is 0 Å². The molecule has 0 amide bonds.